The summed E-state index contributed by atoms with van der Waals surface area (Å²) in [5.41, 5.74) is 7.18. The van der Waals surface area contributed by atoms with Crippen LogP contribution in [0.4, 0.5) is 15.3 Å². The Morgan fingerprint density at radius 1 is 0.738 bits per heavy atom. The number of aromatic amines is 1. The Kier molecular flexibility index (Phi) is 9.56. The Balaban J connectivity index is 0.897. The highest BCUT2D eigenvalue weighted by molar-refractivity contribution is 6.08. The van der Waals surface area contributed by atoms with Crippen LogP contribution in [-0.4, -0.2) is 93.9 Å². The van der Waals surface area contributed by atoms with E-state index < -0.39 is 24.3 Å². The van der Waals surface area contributed by atoms with Gasteiger partial charge in [0.1, 0.15) is 17.9 Å². The summed E-state index contributed by atoms with van der Waals surface area (Å²) in [5.74, 6) is 1.23. The smallest absolute Gasteiger partial charge is 0.407 e. The molecule has 13 heteroatoms. The molecule has 2 bridgehead atoms. The predicted molar refractivity (Wildman–Crippen MR) is 234 cm³/mol. The van der Waals surface area contributed by atoms with Gasteiger partial charge in [-0.3, -0.25) is 14.6 Å². The second-order valence-electron chi connectivity index (χ2n) is 18.5. The minimum atomic E-state index is -0.688. The summed E-state index contributed by atoms with van der Waals surface area (Å²) < 4.78 is 9.70. The molecule has 4 aromatic carbocycles. The molecule has 0 unspecified atom stereocenters. The quantitative estimate of drug-likeness (QED) is 0.136. The first-order valence-electron chi connectivity index (χ1n) is 21.8. The van der Waals surface area contributed by atoms with Crippen molar-refractivity contribution < 1.29 is 28.7 Å². The van der Waals surface area contributed by atoms with Crippen LogP contribution in [0.2, 0.25) is 0 Å². The molecule has 8 atom stereocenters. The zero-order chi connectivity index (χ0) is 42.4. The minimum Gasteiger partial charge on any atom is -0.453 e. The van der Waals surface area contributed by atoms with E-state index in [4.69, 9.17) is 19.5 Å². The fourth-order valence-corrected chi connectivity index (χ4v) is 11.0. The molecule has 10 rings (SSSR count). The average Bonchev–Trinajstić information content (AvgIpc) is 3.85. The van der Waals surface area contributed by atoms with Crippen molar-refractivity contribution >= 4 is 68.0 Å². The molecule has 5 aliphatic rings. The van der Waals surface area contributed by atoms with Gasteiger partial charge in [-0.05, 0) is 113 Å². The fraction of sp³-hybridized carbons (Fsp3) is 0.458. The lowest BCUT2D eigenvalue weighted by molar-refractivity contribution is -0.139. The number of H-pyrrole nitrogens is 1. The summed E-state index contributed by atoms with van der Waals surface area (Å²) in [7, 11) is 2.63. The largest absolute Gasteiger partial charge is 0.453 e. The van der Waals surface area contributed by atoms with Gasteiger partial charge in [0.15, 0.2) is 0 Å². The number of alkyl carbamates (subject to hydrolysis) is 2. The number of methoxy groups -OCH3 is 2. The molecule has 2 saturated carbocycles. The average molecular weight is 824 g/mol. The zero-order valence-corrected chi connectivity index (χ0v) is 35.5. The van der Waals surface area contributed by atoms with Gasteiger partial charge in [0, 0.05) is 29.6 Å². The normalized spacial score (nSPS) is 24.6. The number of piperidine rings is 2. The summed E-state index contributed by atoms with van der Waals surface area (Å²) in [6, 6.07) is 20.3. The van der Waals surface area contributed by atoms with Crippen LogP contribution < -0.4 is 10.6 Å². The van der Waals surface area contributed by atoms with E-state index in [-0.39, 0.29) is 47.8 Å². The summed E-state index contributed by atoms with van der Waals surface area (Å²) in [6.07, 6.45) is 4.31. The standard InChI is InChI=1S/C48H53N7O6/c1-23(2)40(52-47(58)60-5)45(56)54-31-12-7-29(19-31)43(54)44-50-36-16-11-28-18-26(9-14-33(28)42(36)51-44)25-8-13-32-27(17-25)10-15-35-34(32)22-37(49-35)39-21-30-20-38(30)55(39)46(57)41(24(3)4)53-48(59)61-6/h8-11,13-18,23-24,29-31,38-41,43H,7,12,19-22H2,1-6H3,(H,50,51)(H,52,58)(H,53,59)/t29-,30+,31+,38+,39-,40-,41-,43-/m0/s1. The van der Waals surface area contributed by atoms with Gasteiger partial charge in [0.25, 0.3) is 0 Å². The second-order valence-corrected chi connectivity index (χ2v) is 18.5. The molecule has 4 amide bonds. The molecule has 0 radical (unpaired) electrons. The summed E-state index contributed by atoms with van der Waals surface area (Å²) in [5, 5.41) is 9.98. The first-order chi connectivity index (χ1) is 29.4. The van der Waals surface area contributed by atoms with Gasteiger partial charge >= 0.3 is 12.2 Å². The van der Waals surface area contributed by atoms with Crippen LogP contribution in [0.15, 0.2) is 65.7 Å². The van der Waals surface area contributed by atoms with Crippen molar-refractivity contribution in [1.82, 2.24) is 30.4 Å². The Bertz CT molecular complexity index is 2670. The molecule has 3 N–H and O–H groups in total. The summed E-state index contributed by atoms with van der Waals surface area (Å²) >= 11 is 0. The lowest BCUT2D eigenvalue weighted by Gasteiger charge is -2.37. The molecule has 13 nitrogen and oxygen atoms in total. The Morgan fingerprint density at radius 2 is 1.38 bits per heavy atom. The number of carbonyl (C=O) groups excluding carboxylic acids is 4. The van der Waals surface area contributed by atoms with E-state index in [0.717, 1.165) is 93.0 Å². The molecule has 0 spiro atoms. The number of imidazole rings is 1. The van der Waals surface area contributed by atoms with Crippen LogP contribution in [-0.2, 0) is 25.5 Å². The van der Waals surface area contributed by atoms with Gasteiger partial charge in [-0.2, -0.15) is 0 Å². The first kappa shape index (κ1) is 39.2. The minimum absolute atomic E-state index is 0.0576. The number of benzene rings is 4. The van der Waals surface area contributed by atoms with Crippen LogP contribution in [0.3, 0.4) is 0 Å². The maximum absolute atomic E-state index is 14.1. The van der Waals surface area contributed by atoms with E-state index in [2.05, 4.69) is 76.3 Å². The maximum atomic E-state index is 14.1. The van der Waals surface area contributed by atoms with Crippen LogP contribution in [0.5, 0.6) is 0 Å². The highest BCUT2D eigenvalue weighted by Crippen LogP contribution is 2.52. The third-order valence-electron chi connectivity index (χ3n) is 14.2. The van der Waals surface area contributed by atoms with E-state index in [1.807, 2.05) is 37.5 Å². The molecule has 1 aromatic heterocycles. The molecular formula is C48H53N7O6. The van der Waals surface area contributed by atoms with E-state index in [1.54, 1.807) is 0 Å². The van der Waals surface area contributed by atoms with Crippen molar-refractivity contribution in [3.8, 4) is 11.1 Å². The van der Waals surface area contributed by atoms with Crippen LogP contribution in [0, 0.1) is 23.7 Å². The number of amides is 4. The van der Waals surface area contributed by atoms with Gasteiger partial charge < -0.3 is 34.9 Å². The molecule has 61 heavy (non-hydrogen) atoms. The van der Waals surface area contributed by atoms with E-state index in [1.165, 1.54) is 19.8 Å². The van der Waals surface area contributed by atoms with Crippen LogP contribution >= 0.6 is 0 Å². The number of nitrogens with zero attached hydrogens (tertiary/aromatic N) is 4. The molecular weight excluding hydrogens is 771 g/mol. The molecule has 316 valence electrons. The van der Waals surface area contributed by atoms with Gasteiger partial charge in [0.05, 0.1) is 43.0 Å². The molecule has 5 aromatic rings. The topological polar surface area (TPSA) is 158 Å². The summed E-state index contributed by atoms with van der Waals surface area (Å²) in [6.45, 7) is 7.77. The van der Waals surface area contributed by atoms with Gasteiger partial charge in [0.2, 0.25) is 11.8 Å². The number of aromatic nitrogens is 2. The molecule has 2 saturated heterocycles. The number of hydrogen-bond donors (Lipinski definition) is 3. The van der Waals surface area contributed by atoms with E-state index in [0.29, 0.717) is 18.3 Å². The van der Waals surface area contributed by atoms with Crippen molar-refractivity contribution in [2.24, 2.45) is 28.7 Å². The van der Waals surface area contributed by atoms with Crippen LogP contribution in [0.1, 0.15) is 77.2 Å². The third kappa shape index (κ3) is 6.58. The number of aliphatic imine (C=N–C) groups is 1. The third-order valence-corrected chi connectivity index (χ3v) is 14.2. The number of likely N-dealkylation sites (tertiary alicyclic amines) is 2. The molecule has 2 aliphatic carbocycles. The lowest BCUT2D eigenvalue weighted by Crippen LogP contribution is -2.55. The molecule has 4 fully saturated rings. The Hall–Kier alpha value is -5.98. The van der Waals surface area contributed by atoms with Crippen molar-refractivity contribution in [2.45, 2.75) is 102 Å². The van der Waals surface area contributed by atoms with Crippen molar-refractivity contribution in [3.63, 3.8) is 0 Å². The molecule has 4 heterocycles. The van der Waals surface area contributed by atoms with E-state index >= 15 is 0 Å². The van der Waals surface area contributed by atoms with Gasteiger partial charge in [-0.15, -0.1) is 0 Å². The van der Waals surface area contributed by atoms with Crippen molar-refractivity contribution in [2.75, 3.05) is 14.2 Å². The molecule has 3 aliphatic heterocycles. The number of fused-ring (bicyclic) bond motifs is 9. The maximum Gasteiger partial charge on any atom is 0.407 e. The second kappa shape index (κ2) is 14.9. The van der Waals surface area contributed by atoms with Gasteiger partial charge in [-0.25, -0.2) is 14.6 Å². The number of rotatable bonds is 9. The Morgan fingerprint density at radius 3 is 2.05 bits per heavy atom. The number of carbonyl (C=O) groups is 4. The SMILES string of the molecule is COC(=O)N[C@H](C(=O)N1[C@@H]2CC[C@@H](C2)[C@H]1c1nc2c(ccc3cc(-c4ccc5c6c(ccc5c4)N=C([C@@H]4C[C@H]5C[C@H]5N4C(=O)[C@@H](NC(=O)OC)C(C)C)C6)ccc32)[nH]1)C(C)C. The first-order valence-corrected chi connectivity index (χ1v) is 21.8. The fourth-order valence-electron chi connectivity index (χ4n) is 11.0. The summed E-state index contributed by atoms with van der Waals surface area (Å²) in [4.78, 5) is 70.4. The lowest BCUT2D eigenvalue weighted by atomic mass is 9.94. The highest BCUT2D eigenvalue weighted by Gasteiger charge is 2.57. The number of hydrogen-bond acceptors (Lipinski definition) is 8. The van der Waals surface area contributed by atoms with E-state index in [9.17, 15) is 19.2 Å². The monoisotopic (exact) mass is 823 g/mol. The highest BCUT2D eigenvalue weighted by atomic mass is 16.5. The number of nitrogens with one attached hydrogen (secondary N) is 3. The van der Waals surface area contributed by atoms with Crippen molar-refractivity contribution in [3.05, 3.63) is 72.1 Å². The number of ether oxygens (including phenoxy) is 2. The van der Waals surface area contributed by atoms with Crippen molar-refractivity contribution in [1.29, 1.82) is 0 Å². The van der Waals surface area contributed by atoms with Crippen LogP contribution in [0.25, 0.3) is 43.7 Å². The Labute approximate surface area is 354 Å². The predicted octanol–water partition coefficient (Wildman–Crippen LogP) is 7.97. The zero-order valence-electron chi connectivity index (χ0n) is 35.5. The van der Waals surface area contributed by atoms with Gasteiger partial charge in [-0.1, -0.05) is 64.1 Å².